The predicted octanol–water partition coefficient (Wildman–Crippen LogP) is 3.24. The summed E-state index contributed by atoms with van der Waals surface area (Å²) in [7, 11) is 2.96. The number of anilines is 1. The summed E-state index contributed by atoms with van der Waals surface area (Å²) < 4.78 is 15.7. The van der Waals surface area contributed by atoms with E-state index < -0.39 is 29.1 Å². The molecule has 1 saturated carbocycles. The van der Waals surface area contributed by atoms with Crippen LogP contribution in [0.5, 0.6) is 11.5 Å². The molecule has 0 aromatic heterocycles. The summed E-state index contributed by atoms with van der Waals surface area (Å²) >= 11 is 6.16. The summed E-state index contributed by atoms with van der Waals surface area (Å²) in [5.41, 5.74) is 0.0572. The Bertz CT molecular complexity index is 1070. The molecular formula is C22H20ClNO6. The van der Waals surface area contributed by atoms with Crippen molar-refractivity contribution in [1.82, 2.24) is 0 Å². The lowest BCUT2D eigenvalue weighted by atomic mass is 9.91. The molecule has 1 N–H and O–H groups in total. The van der Waals surface area contributed by atoms with Crippen molar-refractivity contribution in [2.75, 3.05) is 26.1 Å². The molecule has 2 aromatic rings. The first-order valence-corrected chi connectivity index (χ1v) is 9.82. The summed E-state index contributed by atoms with van der Waals surface area (Å²) in [6, 6.07) is 9.68. The molecule has 30 heavy (non-hydrogen) atoms. The SMILES string of the molecule is CCOC(=O)[C@H]1[C@H](C(=O)c2ccc(OC)c(OC)c2)[C@]12C(=O)Nc1ccc(Cl)cc12. The van der Waals surface area contributed by atoms with Crippen LogP contribution >= 0.6 is 11.6 Å². The van der Waals surface area contributed by atoms with Crippen LogP contribution in [0.4, 0.5) is 5.69 Å². The molecule has 0 unspecified atom stereocenters. The molecule has 4 rings (SSSR count). The fourth-order valence-electron chi connectivity index (χ4n) is 4.40. The molecule has 1 amide bonds. The lowest BCUT2D eigenvalue weighted by Gasteiger charge is -2.11. The minimum atomic E-state index is -1.34. The van der Waals surface area contributed by atoms with Crippen LogP contribution in [-0.4, -0.2) is 38.5 Å². The smallest absolute Gasteiger partial charge is 0.311 e. The van der Waals surface area contributed by atoms with Gasteiger partial charge in [-0.1, -0.05) is 11.6 Å². The number of hydrogen-bond acceptors (Lipinski definition) is 6. The number of Topliss-reactive ketones (excluding diaryl/α,β-unsaturated/α-hetero) is 1. The number of hydrogen-bond donors (Lipinski definition) is 1. The van der Waals surface area contributed by atoms with Gasteiger partial charge in [0.15, 0.2) is 17.3 Å². The zero-order valence-electron chi connectivity index (χ0n) is 16.7. The monoisotopic (exact) mass is 429 g/mol. The standard InChI is InChI=1S/C22H20ClNO6/c1-4-30-20(26)18-17(19(25)11-5-8-15(28-2)16(9-11)29-3)22(18)13-10-12(23)6-7-14(13)24-21(22)27/h5-10,17-18H,4H2,1-3H3,(H,24,27)/t17-,18-,22+/m1/s1. The van der Waals surface area contributed by atoms with Gasteiger partial charge in [0, 0.05) is 16.3 Å². The van der Waals surface area contributed by atoms with E-state index in [9.17, 15) is 14.4 Å². The van der Waals surface area contributed by atoms with E-state index in [1.807, 2.05) is 0 Å². The van der Waals surface area contributed by atoms with Gasteiger partial charge < -0.3 is 19.5 Å². The number of ketones is 1. The molecule has 0 saturated heterocycles. The van der Waals surface area contributed by atoms with Crippen molar-refractivity contribution in [2.45, 2.75) is 12.3 Å². The molecule has 1 aliphatic carbocycles. The summed E-state index contributed by atoms with van der Waals surface area (Å²) in [6.45, 7) is 1.82. The number of amides is 1. The average Bonchev–Trinajstić information content (AvgIpc) is 3.37. The van der Waals surface area contributed by atoms with E-state index in [0.29, 0.717) is 33.3 Å². The van der Waals surface area contributed by atoms with Gasteiger partial charge >= 0.3 is 5.97 Å². The van der Waals surface area contributed by atoms with Gasteiger partial charge in [0.05, 0.1) is 32.7 Å². The predicted molar refractivity (Wildman–Crippen MR) is 109 cm³/mol. The molecule has 2 aromatic carbocycles. The van der Waals surface area contributed by atoms with Crippen LogP contribution in [0.1, 0.15) is 22.8 Å². The van der Waals surface area contributed by atoms with Crippen LogP contribution in [0.2, 0.25) is 5.02 Å². The second-order valence-corrected chi connectivity index (χ2v) is 7.59. The van der Waals surface area contributed by atoms with Crippen molar-refractivity contribution in [3.8, 4) is 11.5 Å². The molecule has 1 heterocycles. The minimum absolute atomic E-state index is 0.146. The summed E-state index contributed by atoms with van der Waals surface area (Å²) in [5, 5.41) is 3.19. The molecule has 1 fully saturated rings. The lowest BCUT2D eigenvalue weighted by molar-refractivity contribution is -0.146. The topological polar surface area (TPSA) is 90.9 Å². The van der Waals surface area contributed by atoms with E-state index in [2.05, 4.69) is 5.32 Å². The van der Waals surface area contributed by atoms with Crippen LogP contribution in [-0.2, 0) is 19.7 Å². The Hall–Kier alpha value is -3.06. The van der Waals surface area contributed by atoms with Gasteiger partial charge in [-0.25, -0.2) is 0 Å². The van der Waals surface area contributed by atoms with Crippen LogP contribution in [0.25, 0.3) is 0 Å². The maximum absolute atomic E-state index is 13.5. The molecule has 1 aliphatic heterocycles. The molecular weight excluding hydrogens is 410 g/mol. The average molecular weight is 430 g/mol. The lowest BCUT2D eigenvalue weighted by Crippen LogP contribution is -2.26. The van der Waals surface area contributed by atoms with Crippen molar-refractivity contribution in [2.24, 2.45) is 11.8 Å². The third kappa shape index (κ3) is 2.76. The van der Waals surface area contributed by atoms with Gasteiger partial charge in [-0.3, -0.25) is 14.4 Å². The van der Waals surface area contributed by atoms with Crippen molar-refractivity contribution >= 4 is 34.9 Å². The Balaban J connectivity index is 1.81. The summed E-state index contributed by atoms with van der Waals surface area (Å²) in [5.74, 6) is -2.33. The minimum Gasteiger partial charge on any atom is -0.493 e. The zero-order valence-corrected chi connectivity index (χ0v) is 17.4. The van der Waals surface area contributed by atoms with Crippen molar-refractivity contribution < 1.29 is 28.6 Å². The first kappa shape index (κ1) is 20.2. The van der Waals surface area contributed by atoms with Gasteiger partial charge in [0.1, 0.15) is 5.41 Å². The highest BCUT2D eigenvalue weighted by molar-refractivity contribution is 6.31. The van der Waals surface area contributed by atoms with E-state index >= 15 is 0 Å². The van der Waals surface area contributed by atoms with Gasteiger partial charge in [-0.2, -0.15) is 0 Å². The number of fused-ring (bicyclic) bond motifs is 2. The van der Waals surface area contributed by atoms with Gasteiger partial charge in [-0.15, -0.1) is 0 Å². The molecule has 156 valence electrons. The number of rotatable bonds is 6. The number of carbonyl (C=O) groups is 3. The number of methoxy groups -OCH3 is 2. The van der Waals surface area contributed by atoms with Crippen molar-refractivity contribution in [3.05, 3.63) is 52.5 Å². The molecule has 8 heteroatoms. The highest BCUT2D eigenvalue weighted by Gasteiger charge is 2.79. The highest BCUT2D eigenvalue weighted by atomic mass is 35.5. The number of carbonyl (C=O) groups excluding carboxylic acids is 3. The number of benzene rings is 2. The van der Waals surface area contributed by atoms with E-state index in [0.717, 1.165) is 0 Å². The van der Waals surface area contributed by atoms with E-state index in [-0.39, 0.29) is 12.4 Å². The quantitative estimate of drug-likeness (QED) is 0.560. The Morgan fingerprint density at radius 1 is 1.07 bits per heavy atom. The summed E-state index contributed by atoms with van der Waals surface area (Å²) in [6.07, 6.45) is 0. The third-order valence-corrected chi connectivity index (χ3v) is 5.98. The molecule has 0 bridgehead atoms. The Kier molecular flexibility index (Phi) is 4.94. The second kappa shape index (κ2) is 7.32. The largest absolute Gasteiger partial charge is 0.493 e. The number of nitrogens with one attached hydrogen (secondary N) is 1. The fourth-order valence-corrected chi connectivity index (χ4v) is 4.57. The molecule has 1 spiro atoms. The normalized spacial score (nSPS) is 23.5. The Labute approximate surface area is 178 Å². The zero-order chi connectivity index (χ0) is 21.6. The van der Waals surface area contributed by atoms with Crippen molar-refractivity contribution in [3.63, 3.8) is 0 Å². The fraction of sp³-hybridized carbons (Fsp3) is 0.318. The number of ether oxygens (including phenoxy) is 3. The Morgan fingerprint density at radius 3 is 2.47 bits per heavy atom. The van der Waals surface area contributed by atoms with E-state index in [4.69, 9.17) is 25.8 Å². The van der Waals surface area contributed by atoms with Crippen LogP contribution in [0.3, 0.4) is 0 Å². The maximum atomic E-state index is 13.5. The summed E-state index contributed by atoms with van der Waals surface area (Å²) in [4.78, 5) is 39.3. The second-order valence-electron chi connectivity index (χ2n) is 7.15. The third-order valence-electron chi connectivity index (χ3n) is 5.75. The van der Waals surface area contributed by atoms with E-state index in [1.165, 1.54) is 14.2 Å². The number of esters is 1. The van der Waals surface area contributed by atoms with Gasteiger partial charge in [-0.05, 0) is 48.9 Å². The maximum Gasteiger partial charge on any atom is 0.311 e. The van der Waals surface area contributed by atoms with Gasteiger partial charge in [0.25, 0.3) is 0 Å². The first-order chi connectivity index (χ1) is 14.4. The molecule has 3 atom stereocenters. The van der Waals surface area contributed by atoms with Crippen LogP contribution in [0, 0.1) is 11.8 Å². The number of halogens is 1. The van der Waals surface area contributed by atoms with E-state index in [1.54, 1.807) is 43.3 Å². The Morgan fingerprint density at radius 2 is 1.80 bits per heavy atom. The van der Waals surface area contributed by atoms with Crippen LogP contribution < -0.4 is 14.8 Å². The van der Waals surface area contributed by atoms with Gasteiger partial charge in [0.2, 0.25) is 5.91 Å². The van der Waals surface area contributed by atoms with Crippen LogP contribution in [0.15, 0.2) is 36.4 Å². The molecule has 2 aliphatic rings. The highest BCUT2D eigenvalue weighted by Crippen LogP contribution is 2.66. The van der Waals surface area contributed by atoms with Crippen molar-refractivity contribution in [1.29, 1.82) is 0 Å². The molecule has 0 radical (unpaired) electrons. The first-order valence-electron chi connectivity index (χ1n) is 9.44. The molecule has 7 nitrogen and oxygen atoms in total.